The quantitative estimate of drug-likeness (QED) is 0.655. The first-order chi connectivity index (χ1) is 6.11. The van der Waals surface area contributed by atoms with Crippen LogP contribution in [0.15, 0.2) is 36.5 Å². The molecule has 0 fully saturated rings. The van der Waals surface area contributed by atoms with Crippen molar-refractivity contribution >= 4 is 0 Å². The molecule has 0 radical (unpaired) electrons. The standard InChI is InChI=1S/C9H15NO.C2H6/c1-4-8(5-7(2)3)9(10)6-11;1-2/h4-5,9,11H,1-2,6,10H2,3H3;1-2H3/b8-5+;. The maximum absolute atomic E-state index is 8.71. The highest BCUT2D eigenvalue weighted by Crippen LogP contribution is 2.04. The molecule has 0 amide bonds. The van der Waals surface area contributed by atoms with Crippen LogP contribution in [-0.2, 0) is 0 Å². The van der Waals surface area contributed by atoms with Crippen molar-refractivity contribution in [1.29, 1.82) is 0 Å². The third-order valence-electron chi connectivity index (χ3n) is 1.27. The average Bonchev–Trinajstić information content (AvgIpc) is 2.16. The van der Waals surface area contributed by atoms with Gasteiger partial charge in [0, 0.05) is 0 Å². The predicted octanol–water partition coefficient (Wildman–Crippen LogP) is 2.02. The van der Waals surface area contributed by atoms with Crippen molar-refractivity contribution in [2.24, 2.45) is 5.73 Å². The molecule has 0 heterocycles. The third-order valence-corrected chi connectivity index (χ3v) is 1.27. The third kappa shape index (κ3) is 7.50. The molecule has 13 heavy (non-hydrogen) atoms. The highest BCUT2D eigenvalue weighted by Gasteiger charge is 2.02. The highest BCUT2D eigenvalue weighted by molar-refractivity contribution is 5.30. The van der Waals surface area contributed by atoms with Gasteiger partial charge in [-0.15, -0.1) is 0 Å². The Bertz CT molecular complexity index is 183. The second-order valence-corrected chi connectivity index (χ2v) is 2.48. The molecule has 0 aliphatic heterocycles. The normalized spacial score (nSPS) is 12.5. The van der Waals surface area contributed by atoms with Crippen molar-refractivity contribution in [3.63, 3.8) is 0 Å². The van der Waals surface area contributed by atoms with Crippen LogP contribution < -0.4 is 5.73 Å². The molecule has 0 aromatic heterocycles. The van der Waals surface area contributed by atoms with Crippen LogP contribution in [0.4, 0.5) is 0 Å². The molecule has 2 nitrogen and oxygen atoms in total. The van der Waals surface area contributed by atoms with Gasteiger partial charge in [0.05, 0.1) is 12.6 Å². The minimum atomic E-state index is -0.343. The molecule has 0 rings (SSSR count). The van der Waals surface area contributed by atoms with Crippen LogP contribution in [0.5, 0.6) is 0 Å². The van der Waals surface area contributed by atoms with Gasteiger partial charge in [0.25, 0.3) is 0 Å². The molecule has 0 aliphatic rings. The van der Waals surface area contributed by atoms with Crippen molar-refractivity contribution in [2.45, 2.75) is 26.8 Å². The van der Waals surface area contributed by atoms with Crippen LogP contribution in [-0.4, -0.2) is 17.8 Å². The lowest BCUT2D eigenvalue weighted by Gasteiger charge is -2.08. The Morgan fingerprint density at radius 3 is 2.23 bits per heavy atom. The zero-order valence-corrected chi connectivity index (χ0v) is 8.88. The summed E-state index contributed by atoms with van der Waals surface area (Å²) in [6.07, 6.45) is 3.45. The molecule has 1 unspecified atom stereocenters. The van der Waals surface area contributed by atoms with E-state index in [9.17, 15) is 0 Å². The van der Waals surface area contributed by atoms with E-state index >= 15 is 0 Å². The predicted molar refractivity (Wildman–Crippen MR) is 59.5 cm³/mol. The van der Waals surface area contributed by atoms with E-state index in [-0.39, 0.29) is 12.6 Å². The molecule has 0 aromatic carbocycles. The number of hydrogen-bond donors (Lipinski definition) is 2. The summed E-state index contributed by atoms with van der Waals surface area (Å²) in [5.74, 6) is 0. The number of allylic oxidation sites excluding steroid dienone is 2. The second kappa shape index (κ2) is 9.23. The van der Waals surface area contributed by atoms with E-state index in [1.54, 1.807) is 6.08 Å². The van der Waals surface area contributed by atoms with Gasteiger partial charge in [-0.1, -0.05) is 44.7 Å². The zero-order valence-electron chi connectivity index (χ0n) is 8.88. The SMILES string of the molecule is C=C/C(=C\C(=C)C)C(N)CO.CC. The number of hydrogen-bond acceptors (Lipinski definition) is 2. The molecule has 0 bridgehead atoms. The van der Waals surface area contributed by atoms with E-state index in [0.717, 1.165) is 11.1 Å². The highest BCUT2D eigenvalue weighted by atomic mass is 16.3. The molecule has 76 valence electrons. The Kier molecular flexibility index (Phi) is 10.4. The molecule has 0 spiro atoms. The lowest BCUT2D eigenvalue weighted by molar-refractivity contribution is 0.281. The zero-order chi connectivity index (χ0) is 10.9. The molecule has 3 N–H and O–H groups in total. The molecular formula is C11H21NO. The van der Waals surface area contributed by atoms with Crippen LogP contribution in [0.25, 0.3) is 0 Å². The fourth-order valence-corrected chi connectivity index (χ4v) is 0.707. The fourth-order valence-electron chi connectivity index (χ4n) is 0.707. The minimum Gasteiger partial charge on any atom is -0.394 e. The van der Waals surface area contributed by atoms with E-state index in [1.165, 1.54) is 0 Å². The summed E-state index contributed by atoms with van der Waals surface area (Å²) in [6.45, 7) is 13.1. The van der Waals surface area contributed by atoms with E-state index in [4.69, 9.17) is 10.8 Å². The smallest absolute Gasteiger partial charge is 0.0624 e. The van der Waals surface area contributed by atoms with Gasteiger partial charge in [-0.05, 0) is 12.5 Å². The maximum Gasteiger partial charge on any atom is 0.0624 e. The molecule has 2 heteroatoms. The van der Waals surface area contributed by atoms with Crippen molar-refractivity contribution in [3.8, 4) is 0 Å². The summed E-state index contributed by atoms with van der Waals surface area (Å²) in [6, 6.07) is -0.343. The van der Waals surface area contributed by atoms with Gasteiger partial charge < -0.3 is 10.8 Å². The van der Waals surface area contributed by atoms with Gasteiger partial charge in [-0.2, -0.15) is 0 Å². The Labute approximate surface area is 81.5 Å². The second-order valence-electron chi connectivity index (χ2n) is 2.48. The lowest BCUT2D eigenvalue weighted by atomic mass is 10.1. The maximum atomic E-state index is 8.71. The monoisotopic (exact) mass is 183 g/mol. The van der Waals surface area contributed by atoms with Crippen LogP contribution in [0, 0.1) is 0 Å². The number of nitrogens with two attached hydrogens (primary N) is 1. The van der Waals surface area contributed by atoms with Gasteiger partial charge in [-0.3, -0.25) is 0 Å². The van der Waals surface area contributed by atoms with Gasteiger partial charge in [0.2, 0.25) is 0 Å². The molecule has 0 aromatic rings. The fraction of sp³-hybridized carbons (Fsp3) is 0.455. The van der Waals surface area contributed by atoms with E-state index < -0.39 is 0 Å². The van der Waals surface area contributed by atoms with E-state index in [0.29, 0.717) is 0 Å². The largest absolute Gasteiger partial charge is 0.394 e. The van der Waals surface area contributed by atoms with E-state index in [2.05, 4.69) is 13.2 Å². The van der Waals surface area contributed by atoms with Crippen LogP contribution >= 0.6 is 0 Å². The summed E-state index contributed by atoms with van der Waals surface area (Å²) in [7, 11) is 0. The summed E-state index contributed by atoms with van der Waals surface area (Å²) in [4.78, 5) is 0. The van der Waals surface area contributed by atoms with Crippen LogP contribution in [0.3, 0.4) is 0 Å². The lowest BCUT2D eigenvalue weighted by Crippen LogP contribution is -2.25. The molecular weight excluding hydrogens is 162 g/mol. The van der Waals surface area contributed by atoms with Crippen molar-refractivity contribution in [3.05, 3.63) is 36.5 Å². The Morgan fingerprint density at radius 1 is 1.54 bits per heavy atom. The first-order valence-corrected chi connectivity index (χ1v) is 4.47. The Morgan fingerprint density at radius 2 is 2.00 bits per heavy atom. The van der Waals surface area contributed by atoms with Crippen molar-refractivity contribution in [2.75, 3.05) is 6.61 Å². The van der Waals surface area contributed by atoms with Gasteiger partial charge >= 0.3 is 0 Å². The first kappa shape index (κ1) is 14.7. The summed E-state index contributed by atoms with van der Waals surface area (Å²) in [5, 5.41) is 8.71. The number of aliphatic hydroxyl groups excluding tert-OH is 1. The van der Waals surface area contributed by atoms with E-state index in [1.807, 2.05) is 26.8 Å². The van der Waals surface area contributed by atoms with Crippen LogP contribution in [0.2, 0.25) is 0 Å². The Balaban J connectivity index is 0. The molecule has 0 saturated heterocycles. The number of aliphatic hydroxyl groups is 1. The molecule has 1 atom stereocenters. The number of rotatable bonds is 4. The summed E-state index contributed by atoms with van der Waals surface area (Å²) < 4.78 is 0. The molecule has 0 aliphatic carbocycles. The average molecular weight is 183 g/mol. The van der Waals surface area contributed by atoms with Crippen molar-refractivity contribution in [1.82, 2.24) is 0 Å². The van der Waals surface area contributed by atoms with Crippen LogP contribution in [0.1, 0.15) is 20.8 Å². The first-order valence-electron chi connectivity index (χ1n) is 4.47. The Hall–Kier alpha value is -0.860. The minimum absolute atomic E-state index is 0.0644. The van der Waals surface area contributed by atoms with Crippen molar-refractivity contribution < 1.29 is 5.11 Å². The van der Waals surface area contributed by atoms with Gasteiger partial charge in [0.15, 0.2) is 0 Å². The molecule has 0 saturated carbocycles. The summed E-state index contributed by atoms with van der Waals surface area (Å²) in [5.41, 5.74) is 7.27. The van der Waals surface area contributed by atoms with Gasteiger partial charge in [-0.25, -0.2) is 0 Å². The van der Waals surface area contributed by atoms with Gasteiger partial charge in [0.1, 0.15) is 0 Å². The summed E-state index contributed by atoms with van der Waals surface area (Å²) >= 11 is 0. The topological polar surface area (TPSA) is 46.2 Å².